The van der Waals surface area contributed by atoms with Crippen molar-refractivity contribution in [1.29, 1.82) is 5.26 Å². The van der Waals surface area contributed by atoms with E-state index < -0.39 is 0 Å². The minimum Gasteiger partial charge on any atom is -0.488 e. The van der Waals surface area contributed by atoms with Crippen molar-refractivity contribution in [3.8, 4) is 11.8 Å². The molecule has 0 bridgehead atoms. The monoisotopic (exact) mass is 380 g/mol. The molecule has 0 amide bonds. The maximum Gasteiger partial charge on any atom is 0.147 e. The predicted octanol–water partition coefficient (Wildman–Crippen LogP) is 4.19. The molecule has 0 spiro atoms. The first kappa shape index (κ1) is 14.0. The fraction of sp³-hybridized carbons (Fsp3) is 0.143. The van der Waals surface area contributed by atoms with Crippen LogP contribution in [0.25, 0.3) is 0 Å². The second-order valence-corrected chi connectivity index (χ2v) is 5.23. The summed E-state index contributed by atoms with van der Waals surface area (Å²) in [6, 6.07) is 11.6. The highest BCUT2D eigenvalue weighted by Gasteiger charge is 2.06. The van der Waals surface area contributed by atoms with E-state index >= 15 is 0 Å². The van der Waals surface area contributed by atoms with Gasteiger partial charge in [0.1, 0.15) is 24.1 Å². The Kier molecular flexibility index (Phi) is 4.94. The van der Waals surface area contributed by atoms with Gasteiger partial charge in [0, 0.05) is 17.1 Å². The highest BCUT2D eigenvalue weighted by atomic mass is 79.9. The minimum atomic E-state index is 0.322. The van der Waals surface area contributed by atoms with E-state index in [2.05, 4.69) is 42.9 Å². The molecule has 0 saturated heterocycles. The quantitative estimate of drug-likeness (QED) is 0.746. The van der Waals surface area contributed by atoms with Crippen LogP contribution >= 0.6 is 31.9 Å². The lowest BCUT2D eigenvalue weighted by atomic mass is 10.2. The third kappa shape index (κ3) is 3.55. The maximum absolute atomic E-state index is 8.96. The molecule has 0 unspecified atom stereocenters. The van der Waals surface area contributed by atoms with Gasteiger partial charge in [-0.1, -0.05) is 28.1 Å². The molecule has 2 aromatic rings. The van der Waals surface area contributed by atoms with E-state index in [1.807, 2.05) is 24.3 Å². The van der Waals surface area contributed by atoms with Gasteiger partial charge in [0.15, 0.2) is 0 Å². The number of benzene rings is 1. The zero-order valence-corrected chi connectivity index (χ0v) is 13.1. The SMILES string of the molecule is N#Cc1ncccc1COc1ccc(CBr)cc1Br. The van der Waals surface area contributed by atoms with Gasteiger partial charge < -0.3 is 4.74 Å². The Labute approximate surface area is 128 Å². The van der Waals surface area contributed by atoms with Crippen molar-refractivity contribution in [1.82, 2.24) is 4.98 Å². The molecule has 19 heavy (non-hydrogen) atoms. The van der Waals surface area contributed by atoms with E-state index in [9.17, 15) is 0 Å². The number of hydrogen-bond donors (Lipinski definition) is 0. The normalized spacial score (nSPS) is 9.95. The van der Waals surface area contributed by atoms with Crippen molar-refractivity contribution in [2.45, 2.75) is 11.9 Å². The standard InChI is InChI=1S/C14H10Br2N2O/c15-7-10-3-4-14(12(16)6-10)19-9-11-2-1-5-18-13(11)8-17/h1-6H,7,9H2. The molecular formula is C14H10Br2N2O. The van der Waals surface area contributed by atoms with Crippen LogP contribution in [0, 0.1) is 11.3 Å². The van der Waals surface area contributed by atoms with E-state index in [-0.39, 0.29) is 0 Å². The molecule has 0 atom stereocenters. The molecule has 0 saturated carbocycles. The summed E-state index contributed by atoms with van der Waals surface area (Å²) in [4.78, 5) is 4.00. The first-order valence-electron chi connectivity index (χ1n) is 5.55. The lowest BCUT2D eigenvalue weighted by Gasteiger charge is -2.09. The molecule has 0 fully saturated rings. The van der Waals surface area contributed by atoms with Crippen LogP contribution in [-0.2, 0) is 11.9 Å². The third-order valence-corrected chi connectivity index (χ3v) is 3.80. The topological polar surface area (TPSA) is 45.9 Å². The van der Waals surface area contributed by atoms with Gasteiger partial charge in [-0.05, 0) is 39.7 Å². The number of nitriles is 1. The first-order valence-corrected chi connectivity index (χ1v) is 7.47. The second kappa shape index (κ2) is 6.69. The zero-order chi connectivity index (χ0) is 13.7. The summed E-state index contributed by atoms with van der Waals surface area (Å²) in [7, 11) is 0. The molecule has 0 radical (unpaired) electrons. The smallest absolute Gasteiger partial charge is 0.147 e. The Hall–Kier alpha value is -1.38. The number of rotatable bonds is 4. The lowest BCUT2D eigenvalue weighted by Crippen LogP contribution is -2.00. The molecule has 0 aliphatic rings. The van der Waals surface area contributed by atoms with Crippen LogP contribution in [0.15, 0.2) is 41.0 Å². The molecule has 1 aromatic heterocycles. The second-order valence-electron chi connectivity index (χ2n) is 3.81. The van der Waals surface area contributed by atoms with Gasteiger partial charge in [-0.15, -0.1) is 0 Å². The summed E-state index contributed by atoms with van der Waals surface area (Å²) in [5.41, 5.74) is 2.34. The van der Waals surface area contributed by atoms with Crippen LogP contribution in [0.5, 0.6) is 5.75 Å². The van der Waals surface area contributed by atoms with E-state index in [1.54, 1.807) is 12.3 Å². The molecule has 2 rings (SSSR count). The lowest BCUT2D eigenvalue weighted by molar-refractivity contribution is 0.303. The van der Waals surface area contributed by atoms with Gasteiger partial charge in [-0.3, -0.25) is 0 Å². The van der Waals surface area contributed by atoms with Crippen LogP contribution in [0.2, 0.25) is 0 Å². The molecule has 5 heteroatoms. The van der Waals surface area contributed by atoms with Gasteiger partial charge in [-0.25, -0.2) is 4.98 Å². The predicted molar refractivity (Wildman–Crippen MR) is 80.1 cm³/mol. The van der Waals surface area contributed by atoms with Crippen molar-refractivity contribution in [3.05, 3.63) is 57.8 Å². The number of hydrogen-bond acceptors (Lipinski definition) is 3. The number of aromatic nitrogens is 1. The average Bonchev–Trinajstić information content (AvgIpc) is 2.46. The fourth-order valence-electron chi connectivity index (χ4n) is 1.56. The van der Waals surface area contributed by atoms with Gasteiger partial charge in [0.05, 0.1) is 4.47 Å². The van der Waals surface area contributed by atoms with E-state index in [0.717, 1.165) is 21.1 Å². The number of alkyl halides is 1. The highest BCUT2D eigenvalue weighted by molar-refractivity contribution is 9.10. The Morgan fingerprint density at radius 2 is 2.16 bits per heavy atom. The number of ether oxygens (including phenoxy) is 1. The van der Waals surface area contributed by atoms with Crippen LogP contribution in [0.3, 0.4) is 0 Å². The molecular weight excluding hydrogens is 372 g/mol. The molecule has 1 heterocycles. The van der Waals surface area contributed by atoms with Gasteiger partial charge in [-0.2, -0.15) is 5.26 Å². The van der Waals surface area contributed by atoms with Crippen molar-refractivity contribution in [2.75, 3.05) is 0 Å². The minimum absolute atomic E-state index is 0.322. The largest absolute Gasteiger partial charge is 0.488 e. The van der Waals surface area contributed by atoms with E-state index in [4.69, 9.17) is 10.00 Å². The Balaban J connectivity index is 2.13. The zero-order valence-electron chi connectivity index (χ0n) is 9.94. The average molecular weight is 382 g/mol. The Morgan fingerprint density at radius 3 is 2.84 bits per heavy atom. The van der Waals surface area contributed by atoms with Crippen molar-refractivity contribution in [2.24, 2.45) is 0 Å². The van der Waals surface area contributed by atoms with Crippen molar-refractivity contribution >= 4 is 31.9 Å². The molecule has 0 N–H and O–H groups in total. The summed E-state index contributed by atoms with van der Waals surface area (Å²) >= 11 is 6.88. The molecule has 0 aliphatic carbocycles. The summed E-state index contributed by atoms with van der Waals surface area (Å²) in [6.45, 7) is 0.322. The third-order valence-electron chi connectivity index (χ3n) is 2.53. The van der Waals surface area contributed by atoms with Gasteiger partial charge >= 0.3 is 0 Å². The Bertz CT molecular complexity index is 623. The number of halogens is 2. The molecule has 1 aromatic carbocycles. The number of nitrogens with zero attached hydrogens (tertiary/aromatic N) is 2. The first-order chi connectivity index (χ1) is 9.24. The maximum atomic E-state index is 8.96. The summed E-state index contributed by atoms with van der Waals surface area (Å²) < 4.78 is 6.61. The summed E-state index contributed by atoms with van der Waals surface area (Å²) in [5, 5.41) is 9.75. The van der Waals surface area contributed by atoms with E-state index in [0.29, 0.717) is 12.3 Å². The highest BCUT2D eigenvalue weighted by Crippen LogP contribution is 2.27. The summed E-state index contributed by atoms with van der Waals surface area (Å²) in [6.07, 6.45) is 1.60. The Morgan fingerprint density at radius 1 is 1.32 bits per heavy atom. The number of pyridine rings is 1. The van der Waals surface area contributed by atoms with Gasteiger partial charge in [0.25, 0.3) is 0 Å². The fourth-order valence-corrected chi connectivity index (χ4v) is 2.45. The van der Waals surface area contributed by atoms with Crippen LogP contribution in [-0.4, -0.2) is 4.98 Å². The van der Waals surface area contributed by atoms with Crippen LogP contribution in [0.4, 0.5) is 0 Å². The van der Waals surface area contributed by atoms with Crippen molar-refractivity contribution in [3.63, 3.8) is 0 Å². The molecule has 0 aliphatic heterocycles. The van der Waals surface area contributed by atoms with Gasteiger partial charge in [0.2, 0.25) is 0 Å². The van der Waals surface area contributed by atoms with Crippen LogP contribution < -0.4 is 4.74 Å². The molecule has 3 nitrogen and oxygen atoms in total. The van der Waals surface area contributed by atoms with Crippen molar-refractivity contribution < 1.29 is 4.74 Å². The summed E-state index contributed by atoms with van der Waals surface area (Å²) in [5.74, 6) is 0.748. The molecule has 96 valence electrons. The van der Waals surface area contributed by atoms with Crippen LogP contribution in [0.1, 0.15) is 16.8 Å². The van der Waals surface area contributed by atoms with E-state index in [1.165, 1.54) is 5.56 Å².